The molecule has 0 aliphatic rings. The molecule has 1 N–H and O–H groups in total. The lowest BCUT2D eigenvalue weighted by molar-refractivity contribution is -0.114. The minimum Gasteiger partial charge on any atom is -0.497 e. The number of nitrogens with zero attached hydrogens (tertiary/aromatic N) is 1. The normalized spacial score (nSPS) is 10.4. The van der Waals surface area contributed by atoms with Crippen molar-refractivity contribution in [2.24, 2.45) is 0 Å². The van der Waals surface area contributed by atoms with Crippen LogP contribution in [0.1, 0.15) is 0 Å². The first-order valence-corrected chi connectivity index (χ1v) is 7.79. The van der Waals surface area contributed by atoms with Gasteiger partial charge in [-0.15, -0.1) is 0 Å². The maximum absolute atomic E-state index is 12.3. The van der Waals surface area contributed by atoms with Gasteiger partial charge in [0.15, 0.2) is 0 Å². The standard InChI is InChI=1S/C20H20N2O2/c1-22(18-11-10-15-6-3-4-7-16(15)12-18)14-20(23)21-17-8-5-9-19(13-17)24-2/h3-13H,14H2,1-2H3,(H,21,23). The molecule has 4 heteroatoms. The molecule has 0 radical (unpaired) electrons. The number of carbonyl (C=O) groups excluding carboxylic acids is 1. The van der Waals surface area contributed by atoms with Gasteiger partial charge in [0.05, 0.1) is 13.7 Å². The van der Waals surface area contributed by atoms with Crippen molar-refractivity contribution >= 4 is 28.1 Å². The molecule has 3 aromatic carbocycles. The molecule has 0 aromatic heterocycles. The molecule has 0 fully saturated rings. The van der Waals surface area contributed by atoms with Crippen molar-refractivity contribution in [1.82, 2.24) is 0 Å². The lowest BCUT2D eigenvalue weighted by Gasteiger charge is -2.19. The Morgan fingerprint density at radius 1 is 1.00 bits per heavy atom. The van der Waals surface area contributed by atoms with Crippen LogP contribution in [0.5, 0.6) is 5.75 Å². The van der Waals surface area contributed by atoms with Crippen LogP contribution >= 0.6 is 0 Å². The van der Waals surface area contributed by atoms with Crippen molar-refractivity contribution in [3.63, 3.8) is 0 Å². The van der Waals surface area contributed by atoms with Gasteiger partial charge in [-0.25, -0.2) is 0 Å². The summed E-state index contributed by atoms with van der Waals surface area (Å²) in [6.45, 7) is 0.273. The summed E-state index contributed by atoms with van der Waals surface area (Å²) in [6, 6.07) is 21.7. The van der Waals surface area contributed by atoms with Crippen LogP contribution in [0.25, 0.3) is 10.8 Å². The minimum atomic E-state index is -0.0705. The van der Waals surface area contributed by atoms with Gasteiger partial charge in [0.25, 0.3) is 0 Å². The number of benzene rings is 3. The van der Waals surface area contributed by atoms with Crippen LogP contribution in [0.3, 0.4) is 0 Å². The number of amides is 1. The van der Waals surface area contributed by atoms with E-state index in [1.165, 1.54) is 5.39 Å². The molecule has 0 atom stereocenters. The van der Waals surface area contributed by atoms with Crippen molar-refractivity contribution in [3.8, 4) is 5.75 Å². The topological polar surface area (TPSA) is 41.6 Å². The molecule has 0 saturated carbocycles. The zero-order valence-corrected chi connectivity index (χ0v) is 13.8. The Balaban J connectivity index is 1.68. The van der Waals surface area contributed by atoms with E-state index < -0.39 is 0 Å². The maximum Gasteiger partial charge on any atom is 0.243 e. The van der Waals surface area contributed by atoms with Crippen molar-refractivity contribution < 1.29 is 9.53 Å². The molecule has 0 spiro atoms. The van der Waals surface area contributed by atoms with Crippen LogP contribution in [0.2, 0.25) is 0 Å². The summed E-state index contributed by atoms with van der Waals surface area (Å²) in [5, 5.41) is 5.25. The van der Waals surface area contributed by atoms with E-state index in [1.54, 1.807) is 13.2 Å². The molecule has 122 valence electrons. The molecular formula is C20H20N2O2. The lowest BCUT2D eigenvalue weighted by atomic mass is 10.1. The van der Waals surface area contributed by atoms with Gasteiger partial charge in [0, 0.05) is 24.5 Å². The van der Waals surface area contributed by atoms with E-state index in [9.17, 15) is 4.79 Å². The molecule has 0 aliphatic heterocycles. The number of nitrogens with one attached hydrogen (secondary N) is 1. The predicted octanol–water partition coefficient (Wildman–Crippen LogP) is 3.92. The highest BCUT2D eigenvalue weighted by Crippen LogP contribution is 2.21. The van der Waals surface area contributed by atoms with Gasteiger partial charge in [0.2, 0.25) is 5.91 Å². The number of ether oxygens (including phenoxy) is 1. The first kappa shape index (κ1) is 15.9. The molecule has 24 heavy (non-hydrogen) atoms. The molecule has 3 aromatic rings. The SMILES string of the molecule is COc1cccc(NC(=O)CN(C)c2ccc3ccccc3c2)c1. The highest BCUT2D eigenvalue weighted by Gasteiger charge is 2.09. The average molecular weight is 320 g/mol. The first-order chi connectivity index (χ1) is 11.7. The largest absolute Gasteiger partial charge is 0.497 e. The second kappa shape index (κ2) is 7.04. The fraction of sp³-hybridized carbons (Fsp3) is 0.150. The number of likely N-dealkylation sites (N-methyl/N-ethyl adjacent to an activating group) is 1. The average Bonchev–Trinajstić information content (AvgIpc) is 2.61. The van der Waals surface area contributed by atoms with Gasteiger partial charge in [-0.2, -0.15) is 0 Å². The van der Waals surface area contributed by atoms with Crippen LogP contribution in [0, 0.1) is 0 Å². The van der Waals surface area contributed by atoms with Gasteiger partial charge in [-0.3, -0.25) is 4.79 Å². The molecule has 0 aliphatic carbocycles. The number of anilines is 2. The first-order valence-electron chi connectivity index (χ1n) is 7.79. The number of rotatable bonds is 5. The van der Waals surface area contributed by atoms with Gasteiger partial charge < -0.3 is 15.0 Å². The number of hydrogen-bond acceptors (Lipinski definition) is 3. The molecule has 0 unspecified atom stereocenters. The van der Waals surface area contributed by atoms with Crippen molar-refractivity contribution in [3.05, 3.63) is 66.7 Å². The number of hydrogen-bond donors (Lipinski definition) is 1. The summed E-state index contributed by atoms with van der Waals surface area (Å²) in [6.07, 6.45) is 0. The molecule has 0 heterocycles. The second-order valence-electron chi connectivity index (χ2n) is 5.67. The van der Waals surface area contributed by atoms with Gasteiger partial charge >= 0.3 is 0 Å². The van der Waals surface area contributed by atoms with E-state index in [4.69, 9.17) is 4.74 Å². The molecule has 0 bridgehead atoms. The van der Waals surface area contributed by atoms with E-state index in [-0.39, 0.29) is 12.5 Å². The van der Waals surface area contributed by atoms with Gasteiger partial charge in [0.1, 0.15) is 5.75 Å². The summed E-state index contributed by atoms with van der Waals surface area (Å²) in [4.78, 5) is 14.2. The predicted molar refractivity (Wildman–Crippen MR) is 98.8 cm³/mol. The summed E-state index contributed by atoms with van der Waals surface area (Å²) < 4.78 is 5.17. The lowest BCUT2D eigenvalue weighted by Crippen LogP contribution is -2.30. The van der Waals surface area contributed by atoms with E-state index in [0.717, 1.165) is 22.5 Å². The van der Waals surface area contributed by atoms with E-state index in [1.807, 2.05) is 48.3 Å². The molecule has 4 nitrogen and oxygen atoms in total. The second-order valence-corrected chi connectivity index (χ2v) is 5.67. The summed E-state index contributed by atoms with van der Waals surface area (Å²) in [5.74, 6) is 0.648. The maximum atomic E-state index is 12.3. The Morgan fingerprint density at radius 3 is 2.58 bits per heavy atom. The highest BCUT2D eigenvalue weighted by atomic mass is 16.5. The fourth-order valence-electron chi connectivity index (χ4n) is 2.62. The zero-order chi connectivity index (χ0) is 16.9. The van der Waals surface area contributed by atoms with Gasteiger partial charge in [-0.05, 0) is 35.0 Å². The number of fused-ring (bicyclic) bond motifs is 1. The molecule has 1 amide bonds. The van der Waals surface area contributed by atoms with E-state index in [0.29, 0.717) is 0 Å². The molecule has 3 rings (SSSR count). The molecule has 0 saturated heterocycles. The summed E-state index contributed by atoms with van der Waals surface area (Å²) in [5.41, 5.74) is 1.74. The monoisotopic (exact) mass is 320 g/mol. The Kier molecular flexibility index (Phi) is 4.66. The summed E-state index contributed by atoms with van der Waals surface area (Å²) >= 11 is 0. The van der Waals surface area contributed by atoms with Crippen LogP contribution in [0.15, 0.2) is 66.7 Å². The van der Waals surface area contributed by atoms with Crippen LogP contribution < -0.4 is 15.0 Å². The number of carbonyl (C=O) groups is 1. The van der Waals surface area contributed by atoms with Crippen molar-refractivity contribution in [2.45, 2.75) is 0 Å². The van der Waals surface area contributed by atoms with E-state index in [2.05, 4.69) is 29.6 Å². The third-order valence-electron chi connectivity index (χ3n) is 3.91. The number of methoxy groups -OCH3 is 1. The van der Waals surface area contributed by atoms with Crippen molar-refractivity contribution in [2.75, 3.05) is 30.9 Å². The highest BCUT2D eigenvalue weighted by molar-refractivity contribution is 5.94. The smallest absolute Gasteiger partial charge is 0.243 e. The van der Waals surface area contributed by atoms with Crippen LogP contribution in [0.4, 0.5) is 11.4 Å². The quantitative estimate of drug-likeness (QED) is 0.774. The van der Waals surface area contributed by atoms with Gasteiger partial charge in [-0.1, -0.05) is 36.4 Å². The van der Waals surface area contributed by atoms with Crippen LogP contribution in [-0.2, 0) is 4.79 Å². The van der Waals surface area contributed by atoms with E-state index >= 15 is 0 Å². The van der Waals surface area contributed by atoms with Crippen LogP contribution in [-0.4, -0.2) is 26.6 Å². The molecular weight excluding hydrogens is 300 g/mol. The minimum absolute atomic E-state index is 0.0705. The zero-order valence-electron chi connectivity index (χ0n) is 13.8. The summed E-state index contributed by atoms with van der Waals surface area (Å²) in [7, 11) is 3.52. The fourth-order valence-corrected chi connectivity index (χ4v) is 2.62. The Morgan fingerprint density at radius 2 is 1.79 bits per heavy atom. The van der Waals surface area contributed by atoms with Crippen molar-refractivity contribution in [1.29, 1.82) is 0 Å². The Labute approximate surface area is 141 Å². The third kappa shape index (κ3) is 3.66. The third-order valence-corrected chi connectivity index (χ3v) is 3.91. The Hall–Kier alpha value is -3.01. The Bertz CT molecular complexity index is 861.